The monoisotopic (exact) mass is 937 g/mol. The Kier molecular flexibility index (Phi) is 14.3. The molecule has 1 N–H and O–H groups in total. The third-order valence-corrected chi connectivity index (χ3v) is 13.8. The number of ketones is 1. The molecular weight excluding hydrogens is 879 g/mol. The van der Waals surface area contributed by atoms with E-state index in [0.29, 0.717) is 5.92 Å². The molecule has 1 radical (unpaired) electrons. The zero-order chi connectivity index (χ0) is 38.7. The average molecular weight is 937 g/mol. The van der Waals surface area contributed by atoms with Gasteiger partial charge in [-0.2, -0.15) is 0 Å². The maximum Gasteiger partial charge on any atom is 0.164 e. The summed E-state index contributed by atoms with van der Waals surface area (Å²) in [4.78, 5) is 19.7. The molecule has 0 amide bonds. The number of rotatable bonds is 11. The van der Waals surface area contributed by atoms with Crippen LogP contribution in [0.2, 0.25) is 0 Å². The van der Waals surface area contributed by atoms with Crippen molar-refractivity contribution < 1.29 is 30.0 Å². The Morgan fingerprint density at radius 3 is 2.07 bits per heavy atom. The van der Waals surface area contributed by atoms with Crippen molar-refractivity contribution in [2.45, 2.75) is 114 Å². The molecule has 0 saturated heterocycles. The summed E-state index contributed by atoms with van der Waals surface area (Å²) < 4.78 is 2.61. The Morgan fingerprint density at radius 1 is 0.815 bits per heavy atom. The van der Waals surface area contributed by atoms with Crippen molar-refractivity contribution in [2.24, 2.45) is 16.7 Å². The second kappa shape index (κ2) is 17.8. The van der Waals surface area contributed by atoms with Crippen molar-refractivity contribution in [3.05, 3.63) is 102 Å². The zero-order valence-electron chi connectivity index (χ0n) is 34.1. The minimum absolute atomic E-state index is 0. The van der Waals surface area contributed by atoms with Crippen LogP contribution in [0.5, 0.6) is 0 Å². The molecule has 3 heterocycles. The van der Waals surface area contributed by atoms with Gasteiger partial charge >= 0.3 is 0 Å². The fourth-order valence-corrected chi connectivity index (χ4v) is 9.09. The summed E-state index contributed by atoms with van der Waals surface area (Å²) in [5.41, 5.74) is 4.30. The molecule has 3 aromatic heterocycles. The van der Waals surface area contributed by atoms with Gasteiger partial charge in [0.25, 0.3) is 0 Å². The molecule has 0 saturated carbocycles. The van der Waals surface area contributed by atoms with Crippen LogP contribution in [0.1, 0.15) is 113 Å². The van der Waals surface area contributed by atoms with Crippen LogP contribution in [0.4, 0.5) is 0 Å². The topological polar surface area (TPSA) is 50.2 Å². The molecule has 6 rings (SSSR count). The van der Waals surface area contributed by atoms with E-state index in [4.69, 9.17) is 4.98 Å². The number of hydrogen-bond acceptors (Lipinski definition) is 5. The Morgan fingerprint density at radius 2 is 1.44 bits per heavy atom. The fraction of sp³-hybridized carbons (Fsp3) is 0.417. The number of benzene rings is 3. The van der Waals surface area contributed by atoms with Gasteiger partial charge in [0.2, 0.25) is 0 Å². The van der Waals surface area contributed by atoms with E-state index < -0.39 is 0 Å². The minimum Gasteiger partial charge on any atom is -0.512 e. The van der Waals surface area contributed by atoms with Gasteiger partial charge < -0.3 is 5.11 Å². The van der Waals surface area contributed by atoms with Gasteiger partial charge in [-0.25, -0.2) is 0 Å². The van der Waals surface area contributed by atoms with Gasteiger partial charge in [-0.1, -0.05) is 117 Å². The van der Waals surface area contributed by atoms with E-state index in [2.05, 4.69) is 107 Å². The molecule has 0 bridgehead atoms. The predicted octanol–water partition coefficient (Wildman–Crippen LogP) is 14.9. The molecule has 6 heteroatoms. The first-order valence-electron chi connectivity index (χ1n) is 19.4. The van der Waals surface area contributed by atoms with Crippen LogP contribution in [-0.4, -0.2) is 15.9 Å². The van der Waals surface area contributed by atoms with E-state index in [-0.39, 0.29) is 47.9 Å². The molecule has 0 fully saturated rings. The standard InChI is InChI=1S/C33H30NS2.C15H28O2.Ir/c1-20(2)14-21-10-11-23-18-29(35-28(23)15-21)30-19-24-12-13-34-31(32(24)36-30)25-16-22-8-6-7-9-26(22)27(17-25)33(3,4)5;1-7-14(5,8-2)12(16)11-13(17)15(6,9-3)10-4;/h6-13,15,17-20H,14H2,1-5H3;11,16H,7-10H2,1-6H3;/q-1;;/b;12-11-;. The Balaban J connectivity index is 0.000000309. The third-order valence-electron chi connectivity index (χ3n) is 11.3. The molecule has 0 aliphatic heterocycles. The van der Waals surface area contributed by atoms with Gasteiger partial charge in [0.05, 0.1) is 0 Å². The largest absolute Gasteiger partial charge is 0.512 e. The summed E-state index contributed by atoms with van der Waals surface area (Å²) in [7, 11) is 0. The summed E-state index contributed by atoms with van der Waals surface area (Å²) in [5.74, 6) is 0.954. The van der Waals surface area contributed by atoms with E-state index >= 15 is 0 Å². The molecule has 3 aromatic carbocycles. The van der Waals surface area contributed by atoms with Crippen molar-refractivity contribution in [1.82, 2.24) is 4.98 Å². The van der Waals surface area contributed by atoms with Gasteiger partial charge in [0.1, 0.15) is 5.76 Å². The normalized spacial score (nSPS) is 12.6. The number of thiophene rings is 2. The van der Waals surface area contributed by atoms with Crippen LogP contribution in [0.25, 0.3) is 52.0 Å². The molecule has 54 heavy (non-hydrogen) atoms. The molecule has 0 unspecified atom stereocenters. The smallest absolute Gasteiger partial charge is 0.164 e. The molecule has 0 spiro atoms. The quantitative estimate of drug-likeness (QED) is 0.0800. The number of aromatic nitrogens is 1. The minimum atomic E-state index is -0.337. The molecule has 289 valence electrons. The van der Waals surface area contributed by atoms with Crippen molar-refractivity contribution in [3.8, 4) is 21.0 Å². The van der Waals surface area contributed by atoms with Crippen LogP contribution in [0, 0.1) is 22.8 Å². The number of allylic oxidation sites excluding steroid dienone is 2. The van der Waals surface area contributed by atoms with E-state index in [1.165, 1.54) is 52.5 Å². The maximum atomic E-state index is 12.2. The van der Waals surface area contributed by atoms with Crippen molar-refractivity contribution >= 4 is 59.4 Å². The van der Waals surface area contributed by atoms with E-state index in [0.717, 1.165) is 48.7 Å². The predicted molar refractivity (Wildman–Crippen MR) is 233 cm³/mol. The number of carbonyl (C=O) groups excluding carboxylic acids is 1. The van der Waals surface area contributed by atoms with Crippen LogP contribution < -0.4 is 0 Å². The third kappa shape index (κ3) is 9.44. The van der Waals surface area contributed by atoms with Gasteiger partial charge in [0.15, 0.2) is 5.78 Å². The first kappa shape index (κ1) is 43.6. The average Bonchev–Trinajstić information content (AvgIpc) is 3.77. The summed E-state index contributed by atoms with van der Waals surface area (Å²) in [5, 5.41) is 15.1. The van der Waals surface area contributed by atoms with Crippen molar-refractivity contribution in [1.29, 1.82) is 0 Å². The van der Waals surface area contributed by atoms with Crippen LogP contribution in [0.3, 0.4) is 0 Å². The summed E-state index contributed by atoms with van der Waals surface area (Å²) in [6.07, 6.45) is 7.82. The number of pyridine rings is 1. The van der Waals surface area contributed by atoms with Crippen molar-refractivity contribution in [3.63, 3.8) is 0 Å². The first-order chi connectivity index (χ1) is 25.0. The van der Waals surface area contributed by atoms with Crippen LogP contribution in [0.15, 0.2) is 84.8 Å². The maximum absolute atomic E-state index is 12.2. The number of fused-ring (bicyclic) bond motifs is 3. The Hall–Kier alpha value is -3.15. The van der Waals surface area contributed by atoms with Gasteiger partial charge in [-0.3, -0.25) is 9.78 Å². The summed E-state index contributed by atoms with van der Waals surface area (Å²) >= 11 is 3.75. The fourth-order valence-electron chi connectivity index (χ4n) is 6.74. The van der Waals surface area contributed by atoms with E-state index in [1.54, 1.807) is 0 Å². The van der Waals surface area contributed by atoms with Crippen LogP contribution in [-0.2, 0) is 36.7 Å². The zero-order valence-corrected chi connectivity index (χ0v) is 38.1. The SMILES string of the molecule is CC(C)Cc1ccc2cc(-c3cc4ccnc(-c5[c-]c6ccccc6c(C(C)(C)C)c5)c4s3)sc2c1.CCC(C)(CC)C(=O)/C=C(\O)C(C)(CC)CC.[Ir]. The molecule has 6 aromatic rings. The second-order valence-electron chi connectivity index (χ2n) is 16.6. The Labute approximate surface area is 345 Å². The number of aliphatic hydroxyl groups excluding tert-OH is 1. The first-order valence-corrected chi connectivity index (χ1v) is 21.0. The molecule has 3 nitrogen and oxygen atoms in total. The second-order valence-corrected chi connectivity index (χ2v) is 18.7. The molecule has 0 aliphatic rings. The molecular formula is C48H58IrNO2S2-. The molecule has 0 atom stereocenters. The van der Waals surface area contributed by atoms with Gasteiger partial charge in [-0.15, -0.1) is 51.8 Å². The van der Waals surface area contributed by atoms with E-state index in [9.17, 15) is 9.90 Å². The number of carbonyl (C=O) groups is 1. The van der Waals surface area contributed by atoms with Gasteiger partial charge in [0, 0.05) is 68.1 Å². The molecule has 0 aliphatic carbocycles. The van der Waals surface area contributed by atoms with Gasteiger partial charge in [-0.05, 0) is 84.0 Å². The number of hydrogen-bond donors (Lipinski definition) is 1. The van der Waals surface area contributed by atoms with Crippen molar-refractivity contribution in [2.75, 3.05) is 0 Å². The summed E-state index contributed by atoms with van der Waals surface area (Å²) in [6.45, 7) is 23.5. The number of aliphatic hydroxyl groups is 1. The van der Waals surface area contributed by atoms with E-state index in [1.807, 2.05) is 70.4 Å². The number of nitrogens with zero attached hydrogens (tertiary/aromatic N) is 1. The van der Waals surface area contributed by atoms with Crippen LogP contribution >= 0.6 is 22.7 Å². The Bertz CT molecular complexity index is 2240. The summed E-state index contributed by atoms with van der Waals surface area (Å²) in [6, 6.07) is 28.3.